The number of hydrogen-bond donors (Lipinski definition) is 1. The highest BCUT2D eigenvalue weighted by Crippen LogP contribution is 2.19. The van der Waals surface area contributed by atoms with Crippen molar-refractivity contribution in [3.63, 3.8) is 0 Å². The lowest BCUT2D eigenvalue weighted by Crippen LogP contribution is -2.36. The molecule has 1 aromatic rings. The minimum Gasteiger partial charge on any atom is -0.303 e. The summed E-state index contributed by atoms with van der Waals surface area (Å²) in [6.07, 6.45) is 1.65. The lowest BCUT2D eigenvalue weighted by atomic mass is 10.2. The topological polar surface area (TPSA) is 42.7 Å². The van der Waals surface area contributed by atoms with E-state index >= 15 is 0 Å². The van der Waals surface area contributed by atoms with Gasteiger partial charge in [0, 0.05) is 35.6 Å². The Balaban J connectivity index is 1.93. The molecule has 0 unspecified atom stereocenters. The van der Waals surface area contributed by atoms with E-state index in [0.717, 1.165) is 12.4 Å². The monoisotopic (exact) mass is 272 g/mol. The Labute approximate surface area is 111 Å². The van der Waals surface area contributed by atoms with Crippen LogP contribution in [-0.4, -0.2) is 43.8 Å². The second kappa shape index (κ2) is 6.66. The molecule has 1 fully saturated rings. The van der Waals surface area contributed by atoms with Crippen LogP contribution < -0.4 is 5.32 Å². The molecular weight excluding hydrogens is 252 g/mol. The van der Waals surface area contributed by atoms with Crippen molar-refractivity contribution < 1.29 is 0 Å². The summed E-state index contributed by atoms with van der Waals surface area (Å²) < 4.78 is 1.97. The predicted molar refractivity (Wildman–Crippen MR) is 75.7 cm³/mol. The van der Waals surface area contributed by atoms with Gasteiger partial charge < -0.3 is 5.32 Å². The number of hydrogen-bond acceptors (Lipinski definition) is 5. The third kappa shape index (κ3) is 3.63. The number of rotatable bonds is 4. The first kappa shape index (κ1) is 13.2. The van der Waals surface area contributed by atoms with Crippen LogP contribution in [0.4, 0.5) is 0 Å². The molecule has 1 atom stereocenters. The Hall–Kier alpha value is -0.200. The third-order valence-corrected chi connectivity index (χ3v) is 5.35. The highest BCUT2D eigenvalue weighted by atomic mass is 32.2. The van der Waals surface area contributed by atoms with Crippen LogP contribution in [0.1, 0.15) is 25.7 Å². The SMILES string of the molecule is CCn1ncnc1[C@H](C)NC1CSCCSC1. The van der Waals surface area contributed by atoms with Gasteiger partial charge in [-0.25, -0.2) is 9.67 Å². The van der Waals surface area contributed by atoms with Gasteiger partial charge in [-0.05, 0) is 13.8 Å². The van der Waals surface area contributed by atoms with Gasteiger partial charge in [0.15, 0.2) is 0 Å². The maximum absolute atomic E-state index is 4.35. The molecule has 1 aromatic heterocycles. The summed E-state index contributed by atoms with van der Waals surface area (Å²) in [4.78, 5) is 4.35. The molecule has 2 heterocycles. The Morgan fingerprint density at radius 1 is 1.47 bits per heavy atom. The van der Waals surface area contributed by atoms with Crippen LogP contribution in [0.5, 0.6) is 0 Å². The van der Waals surface area contributed by atoms with Gasteiger partial charge in [-0.3, -0.25) is 0 Å². The average molecular weight is 272 g/mol. The molecule has 1 aliphatic rings. The van der Waals surface area contributed by atoms with E-state index < -0.39 is 0 Å². The summed E-state index contributed by atoms with van der Waals surface area (Å²) in [6, 6.07) is 0.867. The van der Waals surface area contributed by atoms with Crippen LogP contribution in [0.15, 0.2) is 6.33 Å². The number of thioether (sulfide) groups is 2. The molecule has 17 heavy (non-hydrogen) atoms. The van der Waals surface area contributed by atoms with Crippen LogP contribution in [0.25, 0.3) is 0 Å². The van der Waals surface area contributed by atoms with Gasteiger partial charge in [0.05, 0.1) is 6.04 Å². The van der Waals surface area contributed by atoms with Crippen LogP contribution in [0.2, 0.25) is 0 Å². The first-order chi connectivity index (χ1) is 8.31. The van der Waals surface area contributed by atoms with E-state index in [1.165, 1.54) is 23.0 Å². The van der Waals surface area contributed by atoms with Gasteiger partial charge in [-0.2, -0.15) is 28.6 Å². The molecule has 0 spiro atoms. The summed E-state index contributed by atoms with van der Waals surface area (Å²) in [6.45, 7) is 5.16. The summed E-state index contributed by atoms with van der Waals surface area (Å²) in [5.41, 5.74) is 0. The van der Waals surface area contributed by atoms with E-state index in [1.807, 2.05) is 28.2 Å². The van der Waals surface area contributed by atoms with Crippen LogP contribution in [-0.2, 0) is 6.54 Å². The predicted octanol–water partition coefficient (Wildman–Crippen LogP) is 1.80. The first-order valence-corrected chi connectivity index (χ1v) is 8.41. The van der Waals surface area contributed by atoms with Crippen molar-refractivity contribution in [1.82, 2.24) is 20.1 Å². The molecule has 0 bridgehead atoms. The highest BCUT2D eigenvalue weighted by molar-refractivity contribution is 8.03. The summed E-state index contributed by atoms with van der Waals surface area (Å²) >= 11 is 4.09. The summed E-state index contributed by atoms with van der Waals surface area (Å²) in [5, 5.41) is 7.89. The van der Waals surface area contributed by atoms with Crippen molar-refractivity contribution in [3.8, 4) is 0 Å². The van der Waals surface area contributed by atoms with Crippen LogP contribution in [0, 0.1) is 0 Å². The van der Waals surface area contributed by atoms with Gasteiger partial charge in [0.25, 0.3) is 0 Å². The lowest BCUT2D eigenvalue weighted by Gasteiger charge is -2.21. The fourth-order valence-electron chi connectivity index (χ4n) is 1.99. The van der Waals surface area contributed by atoms with Gasteiger partial charge in [-0.1, -0.05) is 0 Å². The van der Waals surface area contributed by atoms with E-state index in [2.05, 4.69) is 29.2 Å². The largest absolute Gasteiger partial charge is 0.303 e. The van der Waals surface area contributed by atoms with Crippen LogP contribution >= 0.6 is 23.5 Å². The van der Waals surface area contributed by atoms with Gasteiger partial charge >= 0.3 is 0 Å². The maximum Gasteiger partial charge on any atom is 0.143 e. The molecular formula is C11H20N4S2. The van der Waals surface area contributed by atoms with E-state index in [0.29, 0.717) is 6.04 Å². The fraction of sp³-hybridized carbons (Fsp3) is 0.818. The quantitative estimate of drug-likeness (QED) is 0.905. The van der Waals surface area contributed by atoms with Crippen molar-refractivity contribution in [2.75, 3.05) is 23.0 Å². The van der Waals surface area contributed by atoms with Crippen LogP contribution in [0.3, 0.4) is 0 Å². The fourth-order valence-corrected chi connectivity index (χ4v) is 4.42. The molecule has 4 nitrogen and oxygen atoms in total. The molecule has 0 aromatic carbocycles. The number of nitrogens with zero attached hydrogens (tertiary/aromatic N) is 3. The van der Waals surface area contributed by atoms with Gasteiger partial charge in [0.2, 0.25) is 0 Å². The number of aromatic nitrogens is 3. The molecule has 0 radical (unpaired) electrons. The normalized spacial score (nSPS) is 20.1. The third-order valence-electron chi connectivity index (χ3n) is 2.83. The van der Waals surface area contributed by atoms with E-state index in [4.69, 9.17) is 0 Å². The molecule has 1 N–H and O–H groups in total. The second-order valence-electron chi connectivity index (χ2n) is 4.17. The Morgan fingerprint density at radius 3 is 2.82 bits per heavy atom. The van der Waals surface area contributed by atoms with E-state index in [-0.39, 0.29) is 6.04 Å². The Morgan fingerprint density at radius 2 is 2.18 bits per heavy atom. The Bertz CT molecular complexity index is 334. The zero-order valence-corrected chi connectivity index (χ0v) is 12.1. The maximum atomic E-state index is 4.35. The molecule has 6 heteroatoms. The highest BCUT2D eigenvalue weighted by Gasteiger charge is 2.18. The van der Waals surface area contributed by atoms with Crippen molar-refractivity contribution in [1.29, 1.82) is 0 Å². The van der Waals surface area contributed by atoms with Crippen molar-refractivity contribution in [3.05, 3.63) is 12.2 Å². The first-order valence-electron chi connectivity index (χ1n) is 6.10. The standard InChI is InChI=1S/C11H20N4S2/c1-3-15-11(12-8-13-15)9(2)14-10-6-16-4-5-17-7-10/h8-10,14H,3-7H2,1-2H3/t9-/m0/s1. The van der Waals surface area contributed by atoms with Crippen molar-refractivity contribution >= 4 is 23.5 Å². The van der Waals surface area contributed by atoms with E-state index in [9.17, 15) is 0 Å². The number of aryl methyl sites for hydroxylation is 1. The summed E-state index contributed by atoms with van der Waals surface area (Å²) in [5.74, 6) is 6.02. The molecule has 0 amide bonds. The smallest absolute Gasteiger partial charge is 0.143 e. The zero-order valence-electron chi connectivity index (χ0n) is 10.4. The van der Waals surface area contributed by atoms with Crippen molar-refractivity contribution in [2.45, 2.75) is 32.5 Å². The molecule has 1 aliphatic heterocycles. The second-order valence-corrected chi connectivity index (χ2v) is 6.47. The molecule has 1 saturated heterocycles. The Kier molecular flexibility index (Phi) is 5.18. The molecule has 0 aliphatic carbocycles. The van der Waals surface area contributed by atoms with Gasteiger partial charge in [-0.15, -0.1) is 0 Å². The molecule has 2 rings (SSSR count). The minimum atomic E-state index is 0.279. The average Bonchev–Trinajstić information content (AvgIpc) is 2.68. The number of nitrogens with one attached hydrogen (secondary N) is 1. The lowest BCUT2D eigenvalue weighted by molar-refractivity contribution is 0.465. The van der Waals surface area contributed by atoms with Crippen molar-refractivity contribution in [2.24, 2.45) is 0 Å². The molecule has 0 saturated carbocycles. The van der Waals surface area contributed by atoms with Gasteiger partial charge in [0.1, 0.15) is 12.2 Å². The minimum absolute atomic E-state index is 0.279. The van der Waals surface area contributed by atoms with E-state index in [1.54, 1.807) is 6.33 Å². The summed E-state index contributed by atoms with van der Waals surface area (Å²) in [7, 11) is 0. The molecule has 96 valence electrons. The zero-order chi connectivity index (χ0) is 12.1.